The largest absolute Gasteiger partial charge is 0.271 e. The van der Waals surface area contributed by atoms with Crippen molar-refractivity contribution in [3.63, 3.8) is 0 Å². The minimum Gasteiger partial charge on any atom is -0.271 e. The Morgan fingerprint density at radius 3 is 2.83 bits per heavy atom. The summed E-state index contributed by atoms with van der Waals surface area (Å²) in [5, 5.41) is 3.03. The van der Waals surface area contributed by atoms with Gasteiger partial charge in [0.1, 0.15) is 5.82 Å². The number of hydrogen-bond acceptors (Lipinski definition) is 4. The molecule has 0 aliphatic rings. The Bertz CT molecular complexity index is 539. The Hall–Kier alpha value is -1.30. The standard InChI is InChI=1S/C13H16FN3S/c1-8-3-4-10(14)5-12(8)13(17-15)6-11-7-18-9(2)16-11/h3-5,7,13,17H,6,15H2,1-2H3. The monoisotopic (exact) mass is 265 g/mol. The van der Waals surface area contributed by atoms with Crippen LogP contribution in [0.15, 0.2) is 23.6 Å². The number of aryl methyl sites for hydroxylation is 2. The van der Waals surface area contributed by atoms with E-state index < -0.39 is 0 Å². The normalized spacial score (nSPS) is 12.7. The molecule has 0 radical (unpaired) electrons. The number of aromatic nitrogens is 1. The Balaban J connectivity index is 2.25. The molecule has 1 atom stereocenters. The summed E-state index contributed by atoms with van der Waals surface area (Å²) in [5.41, 5.74) is 5.62. The number of rotatable bonds is 4. The van der Waals surface area contributed by atoms with Crippen LogP contribution in [0.1, 0.15) is 27.9 Å². The van der Waals surface area contributed by atoms with Crippen LogP contribution >= 0.6 is 11.3 Å². The summed E-state index contributed by atoms with van der Waals surface area (Å²) in [4.78, 5) is 4.41. The van der Waals surface area contributed by atoms with E-state index in [1.54, 1.807) is 17.4 Å². The van der Waals surface area contributed by atoms with Gasteiger partial charge in [-0.2, -0.15) is 0 Å². The van der Waals surface area contributed by atoms with Crippen molar-refractivity contribution in [1.29, 1.82) is 0 Å². The van der Waals surface area contributed by atoms with E-state index in [-0.39, 0.29) is 11.9 Å². The van der Waals surface area contributed by atoms with E-state index in [9.17, 15) is 4.39 Å². The maximum atomic E-state index is 13.3. The predicted molar refractivity (Wildman–Crippen MR) is 71.8 cm³/mol. The van der Waals surface area contributed by atoms with Gasteiger partial charge in [0.2, 0.25) is 0 Å². The summed E-state index contributed by atoms with van der Waals surface area (Å²) < 4.78 is 13.3. The van der Waals surface area contributed by atoms with Crippen molar-refractivity contribution in [1.82, 2.24) is 10.4 Å². The van der Waals surface area contributed by atoms with E-state index >= 15 is 0 Å². The maximum Gasteiger partial charge on any atom is 0.123 e. The molecule has 2 aromatic rings. The van der Waals surface area contributed by atoms with Gasteiger partial charge in [-0.15, -0.1) is 11.3 Å². The number of hydrazine groups is 1. The number of benzene rings is 1. The zero-order chi connectivity index (χ0) is 13.1. The summed E-state index contributed by atoms with van der Waals surface area (Å²) in [6.07, 6.45) is 0.658. The second kappa shape index (κ2) is 5.56. The van der Waals surface area contributed by atoms with Gasteiger partial charge < -0.3 is 0 Å². The zero-order valence-corrected chi connectivity index (χ0v) is 11.2. The van der Waals surface area contributed by atoms with Gasteiger partial charge >= 0.3 is 0 Å². The minimum absolute atomic E-state index is 0.123. The first-order valence-corrected chi connectivity index (χ1v) is 6.61. The highest BCUT2D eigenvalue weighted by atomic mass is 32.1. The molecule has 18 heavy (non-hydrogen) atoms. The van der Waals surface area contributed by atoms with E-state index in [0.717, 1.165) is 21.8 Å². The first-order valence-electron chi connectivity index (χ1n) is 5.73. The van der Waals surface area contributed by atoms with E-state index in [4.69, 9.17) is 5.84 Å². The quantitative estimate of drug-likeness (QED) is 0.660. The van der Waals surface area contributed by atoms with Crippen molar-refractivity contribution in [2.24, 2.45) is 5.84 Å². The highest BCUT2D eigenvalue weighted by Crippen LogP contribution is 2.22. The van der Waals surface area contributed by atoms with Gasteiger partial charge in [-0.3, -0.25) is 11.3 Å². The van der Waals surface area contributed by atoms with Crippen LogP contribution in [0, 0.1) is 19.7 Å². The number of hydrogen-bond donors (Lipinski definition) is 2. The van der Waals surface area contributed by atoms with Crippen LogP contribution in [0.4, 0.5) is 4.39 Å². The number of nitrogens with one attached hydrogen (secondary N) is 1. The van der Waals surface area contributed by atoms with Crippen LogP contribution in [-0.2, 0) is 6.42 Å². The highest BCUT2D eigenvalue weighted by molar-refractivity contribution is 7.09. The first kappa shape index (κ1) is 13.1. The van der Waals surface area contributed by atoms with Crippen molar-refractivity contribution in [2.75, 3.05) is 0 Å². The lowest BCUT2D eigenvalue weighted by molar-refractivity contribution is 0.537. The topological polar surface area (TPSA) is 50.9 Å². The van der Waals surface area contributed by atoms with Crippen molar-refractivity contribution in [3.05, 3.63) is 51.2 Å². The molecule has 0 saturated carbocycles. The molecule has 3 N–H and O–H groups in total. The molecule has 5 heteroatoms. The summed E-state index contributed by atoms with van der Waals surface area (Å²) in [6, 6.07) is 4.63. The smallest absolute Gasteiger partial charge is 0.123 e. The molecule has 96 valence electrons. The molecule has 1 aromatic carbocycles. The van der Waals surface area contributed by atoms with Crippen molar-refractivity contribution in [3.8, 4) is 0 Å². The third kappa shape index (κ3) is 2.93. The lowest BCUT2D eigenvalue weighted by Crippen LogP contribution is -2.30. The lowest BCUT2D eigenvalue weighted by Gasteiger charge is -2.17. The van der Waals surface area contributed by atoms with Gasteiger partial charge in [0, 0.05) is 11.8 Å². The van der Waals surface area contributed by atoms with Crippen LogP contribution in [0.3, 0.4) is 0 Å². The fraction of sp³-hybridized carbons (Fsp3) is 0.308. The van der Waals surface area contributed by atoms with E-state index in [2.05, 4.69) is 10.4 Å². The zero-order valence-electron chi connectivity index (χ0n) is 10.4. The average Bonchev–Trinajstić information content (AvgIpc) is 2.75. The van der Waals surface area contributed by atoms with Gasteiger partial charge in [0.15, 0.2) is 0 Å². The molecular formula is C13H16FN3S. The van der Waals surface area contributed by atoms with Crippen LogP contribution < -0.4 is 11.3 Å². The SMILES string of the molecule is Cc1nc(CC(NN)c2cc(F)ccc2C)cs1. The third-order valence-electron chi connectivity index (χ3n) is 2.90. The maximum absolute atomic E-state index is 13.3. The summed E-state index contributed by atoms with van der Waals surface area (Å²) in [6.45, 7) is 3.91. The van der Waals surface area contributed by atoms with E-state index in [1.165, 1.54) is 12.1 Å². The Labute approximate surface area is 110 Å². The highest BCUT2D eigenvalue weighted by Gasteiger charge is 2.15. The van der Waals surface area contributed by atoms with Crippen LogP contribution in [0.25, 0.3) is 0 Å². The molecule has 0 aliphatic carbocycles. The van der Waals surface area contributed by atoms with Gasteiger partial charge in [0.25, 0.3) is 0 Å². The third-order valence-corrected chi connectivity index (χ3v) is 3.72. The summed E-state index contributed by atoms with van der Waals surface area (Å²) in [5.74, 6) is 5.34. The van der Waals surface area contributed by atoms with Crippen molar-refractivity contribution < 1.29 is 4.39 Å². The molecule has 0 fully saturated rings. The van der Waals surface area contributed by atoms with Crippen LogP contribution in [0.2, 0.25) is 0 Å². The predicted octanol–water partition coefficient (Wildman–Crippen LogP) is 2.65. The first-order chi connectivity index (χ1) is 8.60. The van der Waals surface area contributed by atoms with Gasteiger partial charge in [0.05, 0.1) is 16.7 Å². The molecule has 1 unspecified atom stereocenters. The Morgan fingerprint density at radius 2 is 2.22 bits per heavy atom. The molecule has 0 aliphatic heterocycles. The van der Waals surface area contributed by atoms with Crippen LogP contribution in [-0.4, -0.2) is 4.98 Å². The molecule has 3 nitrogen and oxygen atoms in total. The van der Waals surface area contributed by atoms with Crippen molar-refractivity contribution >= 4 is 11.3 Å². The number of nitrogens with zero attached hydrogens (tertiary/aromatic N) is 1. The van der Waals surface area contributed by atoms with Gasteiger partial charge in [-0.25, -0.2) is 9.37 Å². The Morgan fingerprint density at radius 1 is 1.44 bits per heavy atom. The van der Waals surface area contributed by atoms with Gasteiger partial charge in [-0.05, 0) is 37.1 Å². The molecule has 0 bridgehead atoms. The Kier molecular flexibility index (Phi) is 4.06. The second-order valence-corrected chi connectivity index (χ2v) is 5.34. The molecule has 2 rings (SSSR count). The molecular weight excluding hydrogens is 249 g/mol. The fourth-order valence-corrected chi connectivity index (χ4v) is 2.58. The average molecular weight is 265 g/mol. The molecule has 0 spiro atoms. The molecule has 0 amide bonds. The second-order valence-electron chi connectivity index (χ2n) is 4.28. The van der Waals surface area contributed by atoms with Crippen LogP contribution in [0.5, 0.6) is 0 Å². The minimum atomic E-state index is -0.245. The van der Waals surface area contributed by atoms with E-state index in [0.29, 0.717) is 6.42 Å². The number of halogens is 1. The number of thiazole rings is 1. The molecule has 1 heterocycles. The van der Waals surface area contributed by atoms with E-state index in [1.807, 2.05) is 19.2 Å². The molecule has 1 aromatic heterocycles. The summed E-state index contributed by atoms with van der Waals surface area (Å²) >= 11 is 1.61. The molecule has 0 saturated heterocycles. The van der Waals surface area contributed by atoms with Gasteiger partial charge in [-0.1, -0.05) is 6.07 Å². The number of nitrogens with two attached hydrogens (primary N) is 1. The summed E-state index contributed by atoms with van der Waals surface area (Å²) in [7, 11) is 0. The fourth-order valence-electron chi connectivity index (χ4n) is 1.96. The lowest BCUT2D eigenvalue weighted by atomic mass is 9.98. The van der Waals surface area contributed by atoms with Crippen molar-refractivity contribution in [2.45, 2.75) is 26.3 Å².